The third-order valence-electron chi connectivity index (χ3n) is 2.46. The molecule has 2 rings (SSSR count). The molecule has 1 atom stereocenters. The van der Waals surface area contributed by atoms with Crippen molar-refractivity contribution in [2.75, 3.05) is 5.73 Å². The van der Waals surface area contributed by atoms with E-state index in [1.165, 1.54) is 12.4 Å². The fourth-order valence-corrected chi connectivity index (χ4v) is 2.01. The van der Waals surface area contributed by atoms with Crippen LogP contribution in [0.5, 0.6) is 5.75 Å². The van der Waals surface area contributed by atoms with E-state index in [1.54, 1.807) is 0 Å². The molecule has 0 spiro atoms. The third kappa shape index (κ3) is 2.58. The summed E-state index contributed by atoms with van der Waals surface area (Å²) in [5.41, 5.74) is 5.82. The lowest BCUT2D eigenvalue weighted by Crippen LogP contribution is -2.21. The number of rotatable bonds is 3. The summed E-state index contributed by atoms with van der Waals surface area (Å²) in [6, 6.07) is 1.24. The van der Waals surface area contributed by atoms with Gasteiger partial charge in [-0.05, 0) is 28.9 Å². The summed E-state index contributed by atoms with van der Waals surface area (Å²) >= 11 is 3.16. The molecule has 0 aliphatic carbocycles. The van der Waals surface area contributed by atoms with E-state index in [4.69, 9.17) is 10.5 Å². The van der Waals surface area contributed by atoms with Gasteiger partial charge in [0.05, 0.1) is 10.9 Å². The van der Waals surface area contributed by atoms with E-state index >= 15 is 0 Å². The molecule has 1 unspecified atom stereocenters. The molecular weight excluding hydrogens is 327 g/mol. The molecule has 0 fully saturated rings. The zero-order valence-electron chi connectivity index (χ0n) is 9.70. The lowest BCUT2D eigenvalue weighted by Gasteiger charge is -2.15. The first-order valence-electron chi connectivity index (χ1n) is 5.24. The molecule has 4 nitrogen and oxygen atoms in total. The number of anilines is 1. The van der Waals surface area contributed by atoms with Gasteiger partial charge in [0.25, 0.3) is 6.43 Å². The molecule has 0 saturated carbocycles. The van der Waals surface area contributed by atoms with Crippen LogP contribution in [0.15, 0.2) is 16.9 Å². The van der Waals surface area contributed by atoms with Crippen LogP contribution >= 0.6 is 15.9 Å². The zero-order chi connectivity index (χ0) is 14.2. The molecule has 2 aromatic rings. The number of alkyl halides is 2. The second kappa shape index (κ2) is 5.20. The van der Waals surface area contributed by atoms with Gasteiger partial charge in [0, 0.05) is 4.47 Å². The number of ether oxygens (including phenoxy) is 1. The largest absolute Gasteiger partial charge is 0.482 e. The van der Waals surface area contributed by atoms with Crippen molar-refractivity contribution in [2.45, 2.75) is 19.5 Å². The van der Waals surface area contributed by atoms with E-state index in [1.807, 2.05) is 0 Å². The van der Waals surface area contributed by atoms with Crippen molar-refractivity contribution in [1.82, 2.24) is 9.97 Å². The first-order valence-corrected chi connectivity index (χ1v) is 6.04. The summed E-state index contributed by atoms with van der Waals surface area (Å²) in [7, 11) is 0. The number of nitrogens with two attached hydrogens (primary N) is 1. The minimum absolute atomic E-state index is 0.0617. The molecule has 2 N–H and O–H groups in total. The van der Waals surface area contributed by atoms with Crippen molar-refractivity contribution in [3.05, 3.63) is 22.7 Å². The number of hydrogen-bond acceptors (Lipinski definition) is 4. The first kappa shape index (κ1) is 13.9. The maximum absolute atomic E-state index is 14.2. The van der Waals surface area contributed by atoms with Crippen molar-refractivity contribution in [3.8, 4) is 5.75 Å². The number of nitrogen functional groups attached to an aromatic ring is 1. The number of benzene rings is 1. The van der Waals surface area contributed by atoms with Crippen LogP contribution in [0.4, 0.5) is 19.0 Å². The molecule has 0 saturated heterocycles. The van der Waals surface area contributed by atoms with Gasteiger partial charge in [0.2, 0.25) is 0 Å². The molecule has 1 aromatic carbocycles. The molecular formula is C11H9BrF3N3O. The monoisotopic (exact) mass is 335 g/mol. The molecule has 0 bridgehead atoms. The van der Waals surface area contributed by atoms with Crippen molar-refractivity contribution in [2.24, 2.45) is 0 Å². The SMILES string of the molecule is CC(Oc1cc(Br)c2ncnc(N)c2c1F)C(F)F. The summed E-state index contributed by atoms with van der Waals surface area (Å²) in [5, 5.41) is -0.0617. The topological polar surface area (TPSA) is 61.0 Å². The molecule has 19 heavy (non-hydrogen) atoms. The van der Waals surface area contributed by atoms with E-state index in [0.717, 1.165) is 6.92 Å². The molecule has 0 aliphatic heterocycles. The Morgan fingerprint density at radius 2 is 2.05 bits per heavy atom. The van der Waals surface area contributed by atoms with Crippen molar-refractivity contribution >= 4 is 32.7 Å². The normalized spacial score (nSPS) is 12.9. The van der Waals surface area contributed by atoms with Gasteiger partial charge in [-0.3, -0.25) is 0 Å². The maximum atomic E-state index is 14.2. The standard InChI is InChI=1S/C11H9BrF3N3O/c1-4(10(14)15)19-6-2-5(12)9-7(8(6)13)11(16)18-3-17-9/h2-4,10H,1H3,(H2,16,17,18). The van der Waals surface area contributed by atoms with E-state index in [9.17, 15) is 13.2 Å². The van der Waals surface area contributed by atoms with Gasteiger partial charge in [-0.25, -0.2) is 23.1 Å². The van der Waals surface area contributed by atoms with Crippen LogP contribution < -0.4 is 10.5 Å². The second-order valence-corrected chi connectivity index (χ2v) is 4.66. The van der Waals surface area contributed by atoms with Crippen LogP contribution in [0.3, 0.4) is 0 Å². The minimum Gasteiger partial charge on any atom is -0.482 e. The minimum atomic E-state index is -2.72. The average Bonchev–Trinajstić information content (AvgIpc) is 2.35. The zero-order valence-corrected chi connectivity index (χ0v) is 11.3. The fourth-order valence-electron chi connectivity index (χ4n) is 1.50. The Balaban J connectivity index is 2.58. The Morgan fingerprint density at radius 3 is 2.68 bits per heavy atom. The summed E-state index contributed by atoms with van der Waals surface area (Å²) in [4.78, 5) is 7.54. The van der Waals surface area contributed by atoms with Crippen LogP contribution in [-0.4, -0.2) is 22.5 Å². The number of nitrogens with zero attached hydrogens (tertiary/aromatic N) is 2. The van der Waals surface area contributed by atoms with Gasteiger partial charge in [0.15, 0.2) is 17.7 Å². The van der Waals surface area contributed by atoms with Crippen LogP contribution in [0.1, 0.15) is 6.92 Å². The predicted octanol–water partition coefficient (Wildman–Crippen LogP) is 3.15. The number of halogens is 4. The van der Waals surface area contributed by atoms with Crippen molar-refractivity contribution in [1.29, 1.82) is 0 Å². The van der Waals surface area contributed by atoms with Gasteiger partial charge < -0.3 is 10.5 Å². The molecule has 1 heterocycles. The molecule has 0 amide bonds. The van der Waals surface area contributed by atoms with Crippen LogP contribution in [-0.2, 0) is 0 Å². The predicted molar refractivity (Wildman–Crippen MR) is 67.7 cm³/mol. The van der Waals surface area contributed by atoms with Gasteiger partial charge in [0.1, 0.15) is 12.1 Å². The average molecular weight is 336 g/mol. The summed E-state index contributed by atoms with van der Waals surface area (Å²) < 4.78 is 44.3. The summed E-state index contributed by atoms with van der Waals surface area (Å²) in [6.07, 6.45) is -2.98. The third-order valence-corrected chi connectivity index (χ3v) is 3.07. The van der Waals surface area contributed by atoms with E-state index in [-0.39, 0.29) is 22.5 Å². The van der Waals surface area contributed by atoms with Crippen LogP contribution in [0, 0.1) is 5.82 Å². The first-order chi connectivity index (χ1) is 8.91. The summed E-state index contributed by atoms with van der Waals surface area (Å²) in [5.74, 6) is -1.27. The number of fused-ring (bicyclic) bond motifs is 1. The van der Waals surface area contributed by atoms with E-state index in [0.29, 0.717) is 4.47 Å². The van der Waals surface area contributed by atoms with Gasteiger partial charge in [-0.2, -0.15) is 0 Å². The number of hydrogen-bond donors (Lipinski definition) is 1. The molecule has 0 radical (unpaired) electrons. The molecule has 102 valence electrons. The maximum Gasteiger partial charge on any atom is 0.274 e. The quantitative estimate of drug-likeness (QED) is 0.935. The lowest BCUT2D eigenvalue weighted by atomic mass is 10.2. The van der Waals surface area contributed by atoms with Gasteiger partial charge in [-0.15, -0.1) is 0 Å². The Kier molecular flexibility index (Phi) is 3.79. The molecule has 1 aromatic heterocycles. The Morgan fingerprint density at radius 1 is 1.37 bits per heavy atom. The van der Waals surface area contributed by atoms with Gasteiger partial charge in [-0.1, -0.05) is 0 Å². The summed E-state index contributed by atoms with van der Waals surface area (Å²) in [6.45, 7) is 1.15. The second-order valence-electron chi connectivity index (χ2n) is 3.81. The van der Waals surface area contributed by atoms with E-state index in [2.05, 4.69) is 25.9 Å². The highest BCUT2D eigenvalue weighted by molar-refractivity contribution is 9.10. The van der Waals surface area contributed by atoms with Crippen molar-refractivity contribution < 1.29 is 17.9 Å². The molecule has 0 aliphatic rings. The fraction of sp³-hybridized carbons (Fsp3) is 0.273. The highest BCUT2D eigenvalue weighted by Crippen LogP contribution is 2.34. The smallest absolute Gasteiger partial charge is 0.274 e. The molecule has 8 heteroatoms. The Labute approximate surface area is 114 Å². The van der Waals surface area contributed by atoms with E-state index < -0.39 is 18.3 Å². The van der Waals surface area contributed by atoms with Gasteiger partial charge >= 0.3 is 0 Å². The number of aromatic nitrogens is 2. The highest BCUT2D eigenvalue weighted by atomic mass is 79.9. The Hall–Kier alpha value is -1.57. The highest BCUT2D eigenvalue weighted by Gasteiger charge is 2.21. The lowest BCUT2D eigenvalue weighted by molar-refractivity contribution is 0.0207. The van der Waals surface area contributed by atoms with Crippen molar-refractivity contribution in [3.63, 3.8) is 0 Å². The van der Waals surface area contributed by atoms with Crippen LogP contribution in [0.25, 0.3) is 10.9 Å². The van der Waals surface area contributed by atoms with Crippen LogP contribution in [0.2, 0.25) is 0 Å². The Bertz CT molecular complexity index is 624.